The first-order valence-corrected chi connectivity index (χ1v) is 7.72. The molecule has 2 N–H and O–H groups in total. The molecule has 106 valence electrons. The molecule has 0 bridgehead atoms. The van der Waals surface area contributed by atoms with Crippen molar-refractivity contribution in [3.8, 4) is 0 Å². The Hall–Kier alpha value is -0.870. The van der Waals surface area contributed by atoms with Crippen molar-refractivity contribution in [2.45, 2.75) is 56.5 Å². The molecule has 1 aliphatic carbocycles. The summed E-state index contributed by atoms with van der Waals surface area (Å²) >= 11 is 0. The molecule has 2 aliphatic rings. The predicted molar refractivity (Wildman–Crippen MR) is 76.8 cm³/mol. The maximum absolute atomic E-state index is 6.69. The van der Waals surface area contributed by atoms with Gasteiger partial charge in [0.05, 0.1) is 6.04 Å². The van der Waals surface area contributed by atoms with E-state index in [4.69, 9.17) is 5.73 Å². The second-order valence-electron chi connectivity index (χ2n) is 6.23. The van der Waals surface area contributed by atoms with E-state index in [1.54, 1.807) is 0 Å². The van der Waals surface area contributed by atoms with Crippen LogP contribution in [-0.4, -0.2) is 33.1 Å². The van der Waals surface area contributed by atoms with Gasteiger partial charge >= 0.3 is 0 Å². The smallest absolute Gasteiger partial charge is 0.127 e. The van der Waals surface area contributed by atoms with E-state index in [-0.39, 0.29) is 11.6 Å². The first-order valence-electron chi connectivity index (χ1n) is 7.72. The topological polar surface area (TPSA) is 47.1 Å². The van der Waals surface area contributed by atoms with Crippen molar-refractivity contribution in [3.63, 3.8) is 0 Å². The van der Waals surface area contributed by atoms with Crippen LogP contribution in [-0.2, 0) is 7.05 Å². The van der Waals surface area contributed by atoms with Crippen LogP contribution in [0, 0.1) is 0 Å². The fourth-order valence-corrected chi connectivity index (χ4v) is 4.07. The summed E-state index contributed by atoms with van der Waals surface area (Å²) in [6.45, 7) is 2.44. The molecule has 1 saturated carbocycles. The van der Waals surface area contributed by atoms with Crippen LogP contribution >= 0.6 is 0 Å². The van der Waals surface area contributed by atoms with Crippen LogP contribution < -0.4 is 5.73 Å². The molecule has 2 heterocycles. The number of nitrogens with zero attached hydrogens (tertiary/aromatic N) is 3. The Labute approximate surface area is 116 Å². The van der Waals surface area contributed by atoms with Crippen molar-refractivity contribution in [2.75, 3.05) is 13.1 Å². The van der Waals surface area contributed by atoms with Gasteiger partial charge in [-0.2, -0.15) is 0 Å². The predicted octanol–water partition coefficient (Wildman–Crippen LogP) is 2.22. The average molecular weight is 262 g/mol. The van der Waals surface area contributed by atoms with Gasteiger partial charge in [-0.15, -0.1) is 0 Å². The molecule has 1 aromatic rings. The van der Waals surface area contributed by atoms with Gasteiger partial charge in [-0.1, -0.05) is 19.3 Å². The van der Waals surface area contributed by atoms with E-state index in [0.29, 0.717) is 0 Å². The number of piperidine rings is 1. The molecule has 1 unspecified atom stereocenters. The van der Waals surface area contributed by atoms with E-state index >= 15 is 0 Å². The zero-order chi connectivity index (χ0) is 13.3. The minimum Gasteiger partial charge on any atom is -0.337 e. The molecular formula is C15H26N4. The van der Waals surface area contributed by atoms with Crippen LogP contribution in [0.1, 0.15) is 56.8 Å². The molecule has 19 heavy (non-hydrogen) atoms. The highest BCUT2D eigenvalue weighted by Gasteiger charge is 2.46. The minimum atomic E-state index is 0.0492. The van der Waals surface area contributed by atoms with E-state index in [0.717, 1.165) is 5.82 Å². The monoisotopic (exact) mass is 262 g/mol. The zero-order valence-corrected chi connectivity index (χ0v) is 12.0. The standard InChI is InChI=1S/C15H26N4/c1-18-12-9-17-14(18)13(16)15(7-3-4-8-15)19-10-5-2-6-11-19/h9,12-13H,2-8,10-11,16H2,1H3. The summed E-state index contributed by atoms with van der Waals surface area (Å²) < 4.78 is 2.09. The first kappa shape index (κ1) is 13.1. The van der Waals surface area contributed by atoms with Crippen LogP contribution in [0.5, 0.6) is 0 Å². The largest absolute Gasteiger partial charge is 0.337 e. The number of nitrogens with two attached hydrogens (primary N) is 1. The van der Waals surface area contributed by atoms with E-state index in [2.05, 4.69) is 21.5 Å². The second-order valence-corrected chi connectivity index (χ2v) is 6.23. The van der Waals surface area contributed by atoms with Gasteiger partial charge in [0.1, 0.15) is 5.82 Å². The lowest BCUT2D eigenvalue weighted by molar-refractivity contribution is 0.0447. The molecule has 3 rings (SSSR count). The van der Waals surface area contributed by atoms with Crippen LogP contribution in [0.4, 0.5) is 0 Å². The Morgan fingerprint density at radius 3 is 2.42 bits per heavy atom. The number of hydrogen-bond acceptors (Lipinski definition) is 3. The highest BCUT2D eigenvalue weighted by molar-refractivity contribution is 5.12. The van der Waals surface area contributed by atoms with Gasteiger partial charge in [0.25, 0.3) is 0 Å². The highest BCUT2D eigenvalue weighted by atomic mass is 15.2. The molecule has 0 amide bonds. The molecule has 0 spiro atoms. The summed E-state index contributed by atoms with van der Waals surface area (Å²) in [5.41, 5.74) is 6.85. The summed E-state index contributed by atoms with van der Waals surface area (Å²) in [6.07, 6.45) is 13.0. The number of aryl methyl sites for hydroxylation is 1. The molecular weight excluding hydrogens is 236 g/mol. The summed E-state index contributed by atoms with van der Waals surface area (Å²) in [7, 11) is 2.06. The van der Waals surface area contributed by atoms with Crippen LogP contribution in [0.2, 0.25) is 0 Å². The molecule has 2 fully saturated rings. The van der Waals surface area contributed by atoms with Gasteiger partial charge in [0.2, 0.25) is 0 Å². The van der Waals surface area contributed by atoms with Crippen LogP contribution in [0.3, 0.4) is 0 Å². The van der Waals surface area contributed by atoms with Gasteiger partial charge in [0.15, 0.2) is 0 Å². The molecule has 0 radical (unpaired) electrons. The van der Waals surface area contributed by atoms with Crippen molar-refractivity contribution < 1.29 is 0 Å². The van der Waals surface area contributed by atoms with E-state index in [9.17, 15) is 0 Å². The number of hydrogen-bond donors (Lipinski definition) is 1. The lowest BCUT2D eigenvalue weighted by Crippen LogP contribution is -2.55. The summed E-state index contributed by atoms with van der Waals surface area (Å²) in [5.74, 6) is 1.05. The Bertz CT molecular complexity index is 414. The Kier molecular flexibility index (Phi) is 3.63. The number of imidazole rings is 1. The van der Waals surface area contributed by atoms with Gasteiger partial charge in [0, 0.05) is 25.0 Å². The average Bonchev–Trinajstić information content (AvgIpc) is 3.08. The van der Waals surface area contributed by atoms with Gasteiger partial charge in [-0.25, -0.2) is 4.98 Å². The summed E-state index contributed by atoms with van der Waals surface area (Å²) in [4.78, 5) is 7.19. The van der Waals surface area contributed by atoms with Crippen molar-refractivity contribution in [1.29, 1.82) is 0 Å². The van der Waals surface area contributed by atoms with E-state index in [1.807, 2.05) is 12.4 Å². The molecule has 0 aromatic carbocycles. The second kappa shape index (κ2) is 5.25. The maximum atomic E-state index is 6.69. The molecule has 1 aromatic heterocycles. The summed E-state index contributed by atoms with van der Waals surface area (Å²) in [6, 6.07) is 0.0492. The Morgan fingerprint density at radius 2 is 1.84 bits per heavy atom. The third kappa shape index (κ3) is 2.21. The fraction of sp³-hybridized carbons (Fsp3) is 0.800. The van der Waals surface area contributed by atoms with Crippen molar-refractivity contribution in [1.82, 2.24) is 14.5 Å². The molecule has 4 heteroatoms. The fourth-order valence-electron chi connectivity index (χ4n) is 4.07. The van der Waals surface area contributed by atoms with E-state index < -0.39 is 0 Å². The molecule has 1 aliphatic heterocycles. The van der Waals surface area contributed by atoms with Crippen LogP contribution in [0.25, 0.3) is 0 Å². The zero-order valence-electron chi connectivity index (χ0n) is 12.0. The maximum Gasteiger partial charge on any atom is 0.127 e. The van der Waals surface area contributed by atoms with Gasteiger partial charge < -0.3 is 10.3 Å². The lowest BCUT2D eigenvalue weighted by Gasteiger charge is -2.46. The van der Waals surface area contributed by atoms with Crippen molar-refractivity contribution >= 4 is 0 Å². The highest BCUT2D eigenvalue weighted by Crippen LogP contribution is 2.44. The SMILES string of the molecule is Cn1ccnc1C(N)C1(N2CCCCC2)CCCC1. The van der Waals surface area contributed by atoms with Crippen LogP contribution in [0.15, 0.2) is 12.4 Å². The lowest BCUT2D eigenvalue weighted by atomic mass is 9.84. The van der Waals surface area contributed by atoms with Gasteiger partial charge in [-0.05, 0) is 38.8 Å². The number of likely N-dealkylation sites (tertiary alicyclic amines) is 1. The minimum absolute atomic E-state index is 0.0492. The molecule has 1 atom stereocenters. The van der Waals surface area contributed by atoms with E-state index in [1.165, 1.54) is 58.0 Å². The van der Waals surface area contributed by atoms with Gasteiger partial charge in [-0.3, -0.25) is 4.90 Å². The quantitative estimate of drug-likeness (QED) is 0.908. The normalized spacial score (nSPS) is 25.6. The third-order valence-electron chi connectivity index (χ3n) is 5.17. The van der Waals surface area contributed by atoms with Crippen molar-refractivity contribution in [2.24, 2.45) is 12.8 Å². The number of aromatic nitrogens is 2. The summed E-state index contributed by atoms with van der Waals surface area (Å²) in [5, 5.41) is 0. The Morgan fingerprint density at radius 1 is 1.16 bits per heavy atom. The van der Waals surface area contributed by atoms with Crippen molar-refractivity contribution in [3.05, 3.63) is 18.2 Å². The molecule has 4 nitrogen and oxygen atoms in total. The third-order valence-corrected chi connectivity index (χ3v) is 5.17. The number of rotatable bonds is 3. The molecule has 1 saturated heterocycles. The Balaban J connectivity index is 1.89. The first-order chi connectivity index (χ1) is 9.24.